The number of amides is 1. The number of carbonyl (C=O) groups excluding carboxylic acids is 1. The van der Waals surface area contributed by atoms with Crippen molar-refractivity contribution >= 4 is 16.9 Å². The van der Waals surface area contributed by atoms with Gasteiger partial charge in [-0.15, -0.1) is 0 Å². The van der Waals surface area contributed by atoms with Crippen LogP contribution in [0.3, 0.4) is 0 Å². The fourth-order valence-corrected chi connectivity index (χ4v) is 3.69. The van der Waals surface area contributed by atoms with E-state index in [0.717, 1.165) is 16.6 Å². The van der Waals surface area contributed by atoms with Gasteiger partial charge in [0.1, 0.15) is 5.69 Å². The van der Waals surface area contributed by atoms with Crippen LogP contribution in [0.5, 0.6) is 0 Å². The van der Waals surface area contributed by atoms with Gasteiger partial charge >= 0.3 is 0 Å². The Bertz CT molecular complexity index is 1210. The maximum Gasteiger partial charge on any atom is 0.272 e. The molecule has 1 heterocycles. The van der Waals surface area contributed by atoms with Gasteiger partial charge in [0.25, 0.3) is 11.5 Å². The van der Waals surface area contributed by atoms with E-state index in [0.29, 0.717) is 23.3 Å². The molecule has 0 radical (unpaired) electrons. The summed E-state index contributed by atoms with van der Waals surface area (Å²) in [7, 11) is 0. The number of nitrogens with one attached hydrogen (secondary N) is 1. The Labute approximate surface area is 175 Å². The van der Waals surface area contributed by atoms with Gasteiger partial charge in [0.05, 0.1) is 17.1 Å². The second kappa shape index (κ2) is 8.33. The summed E-state index contributed by atoms with van der Waals surface area (Å²) >= 11 is 0. The lowest BCUT2D eigenvalue weighted by Crippen LogP contribution is -2.29. The van der Waals surface area contributed by atoms with Crippen molar-refractivity contribution in [2.75, 3.05) is 0 Å². The Morgan fingerprint density at radius 2 is 1.57 bits per heavy atom. The van der Waals surface area contributed by atoms with Crippen molar-refractivity contribution in [3.63, 3.8) is 0 Å². The number of hydrogen-bond acceptors (Lipinski definition) is 3. The molecule has 1 N–H and O–H groups in total. The zero-order valence-electron chi connectivity index (χ0n) is 17.0. The third-order valence-corrected chi connectivity index (χ3v) is 5.23. The van der Waals surface area contributed by atoms with Gasteiger partial charge in [0.15, 0.2) is 0 Å². The maximum absolute atomic E-state index is 13.1. The molecule has 1 amide bonds. The van der Waals surface area contributed by atoms with E-state index in [2.05, 4.69) is 10.3 Å². The van der Waals surface area contributed by atoms with Crippen molar-refractivity contribution in [3.05, 3.63) is 112 Å². The summed E-state index contributed by atoms with van der Waals surface area (Å²) in [4.78, 5) is 29.9. The Morgan fingerprint density at radius 1 is 0.967 bits per heavy atom. The zero-order chi connectivity index (χ0) is 21.1. The Morgan fingerprint density at radius 3 is 2.13 bits per heavy atom. The van der Waals surface area contributed by atoms with E-state index in [-0.39, 0.29) is 17.5 Å². The summed E-state index contributed by atoms with van der Waals surface area (Å²) in [5.74, 6) is -0.191. The van der Waals surface area contributed by atoms with Gasteiger partial charge in [-0.25, -0.2) is 4.98 Å². The van der Waals surface area contributed by atoms with Crippen molar-refractivity contribution in [1.82, 2.24) is 14.9 Å². The van der Waals surface area contributed by atoms with Gasteiger partial charge in [0.2, 0.25) is 0 Å². The topological polar surface area (TPSA) is 64.0 Å². The molecule has 0 spiro atoms. The van der Waals surface area contributed by atoms with Crippen molar-refractivity contribution in [3.8, 4) is 0 Å². The lowest BCUT2D eigenvalue weighted by molar-refractivity contribution is 0.0943. The van der Waals surface area contributed by atoms with E-state index < -0.39 is 0 Å². The molecule has 0 fully saturated rings. The summed E-state index contributed by atoms with van der Waals surface area (Å²) in [6, 6.07) is 24.8. The van der Waals surface area contributed by atoms with E-state index in [9.17, 15) is 9.59 Å². The Kier molecular flexibility index (Phi) is 5.44. The minimum Gasteiger partial charge on any atom is -0.341 e. The molecule has 0 bridgehead atoms. The summed E-state index contributed by atoms with van der Waals surface area (Å²) < 4.78 is 1.68. The highest BCUT2D eigenvalue weighted by molar-refractivity contribution is 5.97. The monoisotopic (exact) mass is 397 g/mol. The van der Waals surface area contributed by atoms with Crippen molar-refractivity contribution in [2.24, 2.45) is 0 Å². The van der Waals surface area contributed by atoms with Gasteiger partial charge in [-0.05, 0) is 43.2 Å². The first-order valence-corrected chi connectivity index (χ1v) is 10.0. The van der Waals surface area contributed by atoms with Crippen molar-refractivity contribution < 1.29 is 4.79 Å². The highest BCUT2D eigenvalue weighted by Crippen LogP contribution is 2.23. The molecule has 0 atom stereocenters. The largest absolute Gasteiger partial charge is 0.341 e. The minimum absolute atomic E-state index is 0.101. The van der Waals surface area contributed by atoms with Gasteiger partial charge in [-0.3, -0.25) is 9.59 Å². The normalized spacial score (nSPS) is 11.0. The van der Waals surface area contributed by atoms with Crippen LogP contribution in [0.15, 0.2) is 83.7 Å². The number of hydrogen-bond donors (Lipinski definition) is 1. The quantitative estimate of drug-likeness (QED) is 0.548. The summed E-state index contributed by atoms with van der Waals surface area (Å²) in [6.45, 7) is 4.17. The van der Waals surface area contributed by atoms with Crippen LogP contribution < -0.4 is 10.9 Å². The Hall–Kier alpha value is -3.73. The molecule has 3 aromatic carbocycles. The van der Waals surface area contributed by atoms with E-state index >= 15 is 0 Å². The molecule has 5 heteroatoms. The first-order chi connectivity index (χ1) is 14.6. The highest BCUT2D eigenvalue weighted by Gasteiger charge is 2.18. The third-order valence-electron chi connectivity index (χ3n) is 5.23. The summed E-state index contributed by atoms with van der Waals surface area (Å²) in [5, 5.41) is 3.15. The molecule has 0 aliphatic rings. The van der Waals surface area contributed by atoms with Crippen LogP contribution in [0, 0.1) is 6.92 Å². The van der Waals surface area contributed by atoms with Crippen molar-refractivity contribution in [2.45, 2.75) is 26.4 Å². The molecule has 0 aliphatic carbocycles. The molecular weight excluding hydrogens is 374 g/mol. The number of aromatic nitrogens is 2. The molecule has 0 saturated carbocycles. The summed E-state index contributed by atoms with van der Waals surface area (Å²) in [5.41, 5.74) is 4.21. The van der Waals surface area contributed by atoms with Crippen LogP contribution in [0.1, 0.15) is 40.1 Å². The van der Waals surface area contributed by atoms with Gasteiger partial charge in [0, 0.05) is 12.1 Å². The molecule has 30 heavy (non-hydrogen) atoms. The number of nitrogens with zero attached hydrogens (tertiary/aromatic N) is 2. The first kappa shape index (κ1) is 19.6. The fourth-order valence-electron chi connectivity index (χ4n) is 3.69. The molecule has 1 aromatic heterocycles. The molecule has 0 unspecified atom stereocenters. The molecule has 150 valence electrons. The number of fused-ring (bicyclic) bond motifs is 1. The number of carbonyl (C=O) groups is 1. The van der Waals surface area contributed by atoms with E-state index in [1.165, 1.54) is 0 Å². The molecule has 0 aliphatic heterocycles. The van der Waals surface area contributed by atoms with Crippen LogP contribution in [-0.2, 0) is 6.54 Å². The highest BCUT2D eigenvalue weighted by atomic mass is 16.1. The predicted molar refractivity (Wildman–Crippen MR) is 119 cm³/mol. The smallest absolute Gasteiger partial charge is 0.272 e. The number of benzene rings is 3. The number of rotatable bonds is 5. The van der Waals surface area contributed by atoms with Gasteiger partial charge in [-0.2, -0.15) is 0 Å². The second-order valence-corrected chi connectivity index (χ2v) is 7.18. The van der Waals surface area contributed by atoms with Crippen LogP contribution >= 0.6 is 0 Å². The van der Waals surface area contributed by atoms with E-state index in [1.54, 1.807) is 29.7 Å². The average molecular weight is 397 g/mol. The van der Waals surface area contributed by atoms with Crippen molar-refractivity contribution in [1.29, 1.82) is 0 Å². The van der Waals surface area contributed by atoms with Crippen LogP contribution in [0.2, 0.25) is 0 Å². The first-order valence-electron chi connectivity index (χ1n) is 10.0. The summed E-state index contributed by atoms with van der Waals surface area (Å²) in [6.07, 6.45) is 0. The maximum atomic E-state index is 13.1. The lowest BCUT2D eigenvalue weighted by atomic mass is 9.98. The van der Waals surface area contributed by atoms with Crippen LogP contribution in [-0.4, -0.2) is 15.5 Å². The van der Waals surface area contributed by atoms with E-state index in [4.69, 9.17) is 0 Å². The third kappa shape index (κ3) is 3.74. The number of aryl methyl sites for hydroxylation is 2. The van der Waals surface area contributed by atoms with Gasteiger partial charge < -0.3 is 9.88 Å². The molecule has 4 aromatic rings. The molecule has 0 saturated heterocycles. The SMILES string of the molecule is CCn1c(=O)c(C)nc2cc(C(=O)NC(c3ccccc3)c3ccccc3)ccc21. The standard InChI is InChI=1S/C25H23N3O2/c1-3-28-22-15-14-20(16-21(22)26-17(2)25(28)30)24(29)27-23(18-10-6-4-7-11-18)19-12-8-5-9-13-19/h4-16,23H,3H2,1-2H3,(H,27,29). The van der Waals surface area contributed by atoms with Gasteiger partial charge in [-0.1, -0.05) is 60.7 Å². The van der Waals surface area contributed by atoms with Crippen LogP contribution in [0.4, 0.5) is 0 Å². The second-order valence-electron chi connectivity index (χ2n) is 7.18. The molecule has 5 nitrogen and oxygen atoms in total. The average Bonchev–Trinajstić information content (AvgIpc) is 2.79. The fraction of sp³-hybridized carbons (Fsp3) is 0.160. The predicted octanol–water partition coefficient (Wildman–Crippen LogP) is 4.24. The minimum atomic E-state index is -0.269. The van der Waals surface area contributed by atoms with Crippen LogP contribution in [0.25, 0.3) is 11.0 Å². The lowest BCUT2D eigenvalue weighted by Gasteiger charge is -2.20. The van der Waals surface area contributed by atoms with E-state index in [1.807, 2.05) is 67.6 Å². The molecular formula is C25H23N3O2. The Balaban J connectivity index is 1.72. The zero-order valence-corrected chi connectivity index (χ0v) is 17.0. The molecule has 4 rings (SSSR count).